The summed E-state index contributed by atoms with van der Waals surface area (Å²) in [7, 11) is 3.07. The molecule has 0 atom stereocenters. The molecule has 0 saturated heterocycles. The van der Waals surface area contributed by atoms with Gasteiger partial charge in [-0.3, -0.25) is 14.9 Å². The van der Waals surface area contributed by atoms with Gasteiger partial charge in [0.15, 0.2) is 11.5 Å². The average Bonchev–Trinajstić information content (AvgIpc) is 3.03. The fourth-order valence-electron chi connectivity index (χ4n) is 2.76. The molecule has 0 N–H and O–H groups in total. The van der Waals surface area contributed by atoms with Crippen LogP contribution in [-0.2, 0) is 9.53 Å². The molecule has 3 rings (SSSR count). The van der Waals surface area contributed by atoms with Gasteiger partial charge in [-0.25, -0.2) is 0 Å². The van der Waals surface area contributed by atoms with Crippen LogP contribution in [0.25, 0.3) is 6.08 Å². The lowest BCUT2D eigenvalue weighted by molar-refractivity contribution is -0.384. The molecule has 29 heavy (non-hydrogen) atoms. The Balaban J connectivity index is 1.97. The fourth-order valence-corrected chi connectivity index (χ4v) is 2.76. The maximum atomic E-state index is 13.0. The highest BCUT2D eigenvalue weighted by molar-refractivity contribution is 6.30. The van der Waals surface area contributed by atoms with Crippen LogP contribution >= 0.6 is 0 Å². The van der Waals surface area contributed by atoms with E-state index >= 15 is 0 Å². The standard InChI is InChI=1S/C20H19N3O6/c1-4-29-19-16(11-13-5-10-17(27-2)18(12-13)28-3)20(24)22(21-19)14-6-8-15(9-7-14)23(25)26/h5-12H,4H2,1-3H3. The number of hydrogen-bond donors (Lipinski definition) is 0. The third-order valence-corrected chi connectivity index (χ3v) is 4.15. The van der Waals surface area contributed by atoms with Crippen molar-refractivity contribution in [2.75, 3.05) is 25.8 Å². The number of methoxy groups -OCH3 is 2. The van der Waals surface area contributed by atoms with Crippen molar-refractivity contribution < 1.29 is 23.9 Å². The molecule has 2 aromatic carbocycles. The van der Waals surface area contributed by atoms with Gasteiger partial charge in [0.25, 0.3) is 11.6 Å². The minimum absolute atomic E-state index is 0.0736. The SMILES string of the molecule is CCOC1=NN(c2ccc([N+](=O)[O-])cc2)C(=O)C1=Cc1ccc(OC)c(OC)c1. The largest absolute Gasteiger partial charge is 0.493 e. The number of non-ortho nitro benzene ring substituents is 1. The number of nitrogens with zero attached hydrogens (tertiary/aromatic N) is 3. The van der Waals surface area contributed by atoms with E-state index < -0.39 is 10.8 Å². The molecular weight excluding hydrogens is 378 g/mol. The van der Waals surface area contributed by atoms with Crippen LogP contribution in [0.5, 0.6) is 11.5 Å². The van der Waals surface area contributed by atoms with Gasteiger partial charge in [0.05, 0.1) is 31.4 Å². The van der Waals surface area contributed by atoms with Gasteiger partial charge in [0.1, 0.15) is 5.57 Å². The van der Waals surface area contributed by atoms with Gasteiger partial charge in [-0.1, -0.05) is 6.07 Å². The summed E-state index contributed by atoms with van der Waals surface area (Å²) in [5.41, 5.74) is 1.28. The predicted octanol–water partition coefficient (Wildman–Crippen LogP) is 3.39. The van der Waals surface area contributed by atoms with Crippen LogP contribution in [0.2, 0.25) is 0 Å². The average molecular weight is 397 g/mol. The second-order valence-electron chi connectivity index (χ2n) is 5.90. The highest BCUT2D eigenvalue weighted by atomic mass is 16.6. The predicted molar refractivity (Wildman–Crippen MR) is 107 cm³/mol. The minimum Gasteiger partial charge on any atom is -0.493 e. The van der Waals surface area contributed by atoms with Crippen molar-refractivity contribution in [3.8, 4) is 11.5 Å². The van der Waals surface area contributed by atoms with E-state index in [9.17, 15) is 14.9 Å². The van der Waals surface area contributed by atoms with E-state index in [1.807, 2.05) is 0 Å². The van der Waals surface area contributed by atoms with E-state index in [4.69, 9.17) is 14.2 Å². The van der Waals surface area contributed by atoms with Crippen molar-refractivity contribution in [3.63, 3.8) is 0 Å². The molecule has 1 aliphatic heterocycles. The molecular formula is C20H19N3O6. The van der Waals surface area contributed by atoms with E-state index in [0.717, 1.165) is 5.01 Å². The summed E-state index contributed by atoms with van der Waals surface area (Å²) < 4.78 is 16.1. The number of anilines is 1. The van der Waals surface area contributed by atoms with Crippen LogP contribution in [0, 0.1) is 10.1 Å². The second kappa shape index (κ2) is 8.42. The number of carbonyl (C=O) groups excluding carboxylic acids is 1. The van der Waals surface area contributed by atoms with Gasteiger partial charge >= 0.3 is 0 Å². The molecule has 9 heteroatoms. The molecule has 1 heterocycles. The smallest absolute Gasteiger partial charge is 0.284 e. The molecule has 0 unspecified atom stereocenters. The number of hydrogen-bond acceptors (Lipinski definition) is 7. The monoisotopic (exact) mass is 397 g/mol. The minimum atomic E-state index is -0.507. The molecule has 0 aromatic heterocycles. The van der Waals surface area contributed by atoms with Gasteiger partial charge in [0.2, 0.25) is 5.90 Å². The first kappa shape index (κ1) is 19.9. The molecule has 0 saturated carbocycles. The topological polar surface area (TPSA) is 104 Å². The summed E-state index contributed by atoms with van der Waals surface area (Å²) in [6.07, 6.45) is 1.64. The number of nitro groups is 1. The van der Waals surface area contributed by atoms with Crippen LogP contribution < -0.4 is 14.5 Å². The Kier molecular flexibility index (Phi) is 5.77. The lowest BCUT2D eigenvalue weighted by Gasteiger charge is -2.11. The summed E-state index contributed by atoms with van der Waals surface area (Å²) in [6, 6.07) is 10.8. The molecule has 1 aliphatic rings. The number of ether oxygens (including phenoxy) is 3. The zero-order valence-corrected chi connectivity index (χ0v) is 16.1. The second-order valence-corrected chi connectivity index (χ2v) is 5.90. The third kappa shape index (κ3) is 4.03. The first-order chi connectivity index (χ1) is 14.0. The van der Waals surface area contributed by atoms with E-state index in [1.165, 1.54) is 31.4 Å². The summed E-state index contributed by atoms with van der Waals surface area (Å²) in [6.45, 7) is 2.11. The van der Waals surface area contributed by atoms with Gasteiger partial charge in [0, 0.05) is 12.1 Å². The maximum Gasteiger partial charge on any atom is 0.284 e. The Morgan fingerprint density at radius 3 is 2.38 bits per heavy atom. The molecule has 150 valence electrons. The van der Waals surface area contributed by atoms with Crippen molar-refractivity contribution >= 4 is 29.3 Å². The highest BCUT2D eigenvalue weighted by Crippen LogP contribution is 2.31. The number of benzene rings is 2. The quantitative estimate of drug-likeness (QED) is 0.420. The van der Waals surface area contributed by atoms with E-state index in [2.05, 4.69) is 5.10 Å². The third-order valence-electron chi connectivity index (χ3n) is 4.15. The zero-order valence-electron chi connectivity index (χ0n) is 16.1. The lowest BCUT2D eigenvalue weighted by Crippen LogP contribution is -2.21. The van der Waals surface area contributed by atoms with Gasteiger partial charge in [-0.15, -0.1) is 5.10 Å². The molecule has 0 radical (unpaired) electrons. The Morgan fingerprint density at radius 2 is 1.79 bits per heavy atom. The van der Waals surface area contributed by atoms with Crippen LogP contribution in [0.1, 0.15) is 12.5 Å². The number of amides is 1. The van der Waals surface area contributed by atoms with Crippen LogP contribution in [0.4, 0.5) is 11.4 Å². The van der Waals surface area contributed by atoms with Crippen molar-refractivity contribution in [1.82, 2.24) is 0 Å². The Hall–Kier alpha value is -3.88. The van der Waals surface area contributed by atoms with Crippen molar-refractivity contribution in [2.24, 2.45) is 5.10 Å². The highest BCUT2D eigenvalue weighted by Gasteiger charge is 2.33. The van der Waals surface area contributed by atoms with E-state index in [-0.39, 0.29) is 17.2 Å². The normalized spacial score (nSPS) is 14.7. The van der Waals surface area contributed by atoms with Crippen molar-refractivity contribution in [2.45, 2.75) is 6.92 Å². The van der Waals surface area contributed by atoms with Crippen LogP contribution in [-0.4, -0.2) is 37.6 Å². The fraction of sp³-hybridized carbons (Fsp3) is 0.200. The lowest BCUT2D eigenvalue weighted by atomic mass is 10.1. The molecule has 0 bridgehead atoms. The Labute approximate surface area is 166 Å². The van der Waals surface area contributed by atoms with E-state index in [0.29, 0.717) is 29.4 Å². The maximum absolute atomic E-state index is 13.0. The molecule has 9 nitrogen and oxygen atoms in total. The summed E-state index contributed by atoms with van der Waals surface area (Å²) in [5.74, 6) is 0.857. The van der Waals surface area contributed by atoms with Crippen LogP contribution in [0.3, 0.4) is 0 Å². The van der Waals surface area contributed by atoms with E-state index in [1.54, 1.807) is 38.3 Å². The van der Waals surface area contributed by atoms with Gasteiger partial charge < -0.3 is 14.2 Å². The number of nitro benzene ring substituents is 1. The number of rotatable bonds is 6. The molecule has 0 aliphatic carbocycles. The Bertz CT molecular complexity index is 998. The van der Waals surface area contributed by atoms with Gasteiger partial charge in [-0.2, -0.15) is 5.01 Å². The van der Waals surface area contributed by atoms with Crippen molar-refractivity contribution in [3.05, 3.63) is 63.7 Å². The summed E-state index contributed by atoms with van der Waals surface area (Å²) in [4.78, 5) is 23.3. The summed E-state index contributed by atoms with van der Waals surface area (Å²) >= 11 is 0. The molecule has 2 aromatic rings. The molecule has 0 spiro atoms. The molecule has 0 fully saturated rings. The van der Waals surface area contributed by atoms with Gasteiger partial charge in [-0.05, 0) is 42.8 Å². The zero-order chi connectivity index (χ0) is 21.0. The van der Waals surface area contributed by atoms with Crippen molar-refractivity contribution in [1.29, 1.82) is 0 Å². The molecule has 1 amide bonds. The summed E-state index contributed by atoms with van der Waals surface area (Å²) in [5, 5.41) is 16.2. The number of carbonyl (C=O) groups is 1. The number of hydrazone groups is 1. The Morgan fingerprint density at radius 1 is 1.10 bits per heavy atom. The first-order valence-corrected chi connectivity index (χ1v) is 8.73. The first-order valence-electron chi connectivity index (χ1n) is 8.73. The van der Waals surface area contributed by atoms with Crippen LogP contribution in [0.15, 0.2) is 53.1 Å².